The topological polar surface area (TPSA) is 93.1 Å². The molecule has 2 aliphatic heterocycles. The molecule has 0 aliphatic carbocycles. The number of carbonyl (C=O) groups is 2. The quantitative estimate of drug-likeness (QED) is 0.647. The number of carboxylic acid groups (broad SMARTS) is 2. The molecule has 16 heavy (non-hydrogen) atoms. The van der Waals surface area contributed by atoms with E-state index in [9.17, 15) is 19.8 Å². The van der Waals surface area contributed by atoms with Crippen molar-refractivity contribution in [2.45, 2.75) is 11.2 Å². The van der Waals surface area contributed by atoms with Gasteiger partial charge < -0.3 is 19.7 Å². The predicted molar refractivity (Wildman–Crippen MR) is 50.9 cm³/mol. The van der Waals surface area contributed by atoms with Gasteiger partial charge in [-0.3, -0.25) is 0 Å². The summed E-state index contributed by atoms with van der Waals surface area (Å²) >= 11 is 0. The maximum Gasteiger partial charge on any atom is 0.344 e. The van der Waals surface area contributed by atoms with E-state index >= 15 is 0 Å². The summed E-state index contributed by atoms with van der Waals surface area (Å²) in [7, 11) is 0. The molecule has 0 aromatic heterocycles. The Labute approximate surface area is 90.8 Å². The van der Waals surface area contributed by atoms with E-state index in [0.29, 0.717) is 0 Å². The molecule has 0 radical (unpaired) electrons. The minimum absolute atomic E-state index is 0.0541. The molecule has 2 aliphatic rings. The molecule has 2 rings (SSSR count). The van der Waals surface area contributed by atoms with Gasteiger partial charge in [0.1, 0.15) is 0 Å². The van der Waals surface area contributed by atoms with Crippen molar-refractivity contribution in [3.8, 4) is 0 Å². The van der Waals surface area contributed by atoms with Crippen LogP contribution in [0.25, 0.3) is 0 Å². The first-order valence-corrected chi connectivity index (χ1v) is 4.65. The second kappa shape index (κ2) is 3.43. The Balaban J connectivity index is 2.54. The van der Waals surface area contributed by atoms with Gasteiger partial charge in [-0.05, 0) is 12.2 Å². The lowest BCUT2D eigenvalue weighted by molar-refractivity contribution is -0.197. The summed E-state index contributed by atoms with van der Waals surface area (Å²) in [6, 6.07) is 0. The van der Waals surface area contributed by atoms with Crippen LogP contribution < -0.4 is 0 Å². The first-order chi connectivity index (χ1) is 7.55. The summed E-state index contributed by atoms with van der Waals surface area (Å²) in [4.78, 5) is 22.5. The zero-order chi connectivity index (χ0) is 11.8. The second-order valence-corrected chi connectivity index (χ2v) is 3.51. The molecule has 0 saturated carbocycles. The maximum absolute atomic E-state index is 11.3. The molecule has 0 aromatic carbocycles. The van der Waals surface area contributed by atoms with E-state index in [1.807, 2.05) is 0 Å². The van der Waals surface area contributed by atoms with Gasteiger partial charge in [0.05, 0.1) is 13.2 Å². The van der Waals surface area contributed by atoms with E-state index < -0.39 is 23.1 Å². The predicted octanol–water partition coefficient (Wildman–Crippen LogP) is -0.194. The van der Waals surface area contributed by atoms with Crippen LogP contribution in [-0.2, 0) is 19.1 Å². The highest BCUT2D eigenvalue weighted by Gasteiger charge is 2.64. The number of rotatable bonds is 3. The van der Waals surface area contributed by atoms with Gasteiger partial charge in [-0.15, -0.1) is 0 Å². The standard InChI is InChI=1S/C10H10O6/c11-7(12)9(3-1-5-15-9)10(8(13)14)4-2-6-16-10/h1-4H,5-6H2,(H,11,12)(H,13,14). The van der Waals surface area contributed by atoms with Gasteiger partial charge in [0, 0.05) is 0 Å². The summed E-state index contributed by atoms with van der Waals surface area (Å²) < 4.78 is 10.2. The van der Waals surface area contributed by atoms with Gasteiger partial charge >= 0.3 is 11.9 Å². The van der Waals surface area contributed by atoms with Gasteiger partial charge in [-0.25, -0.2) is 9.59 Å². The Kier molecular flexibility index (Phi) is 2.32. The van der Waals surface area contributed by atoms with Crippen LogP contribution in [0.5, 0.6) is 0 Å². The van der Waals surface area contributed by atoms with Crippen molar-refractivity contribution < 1.29 is 29.3 Å². The Hall–Kier alpha value is -1.66. The minimum atomic E-state index is -1.98. The minimum Gasteiger partial charge on any atom is -0.479 e. The summed E-state index contributed by atoms with van der Waals surface area (Å²) in [5.41, 5.74) is -3.96. The van der Waals surface area contributed by atoms with E-state index in [1.165, 1.54) is 24.3 Å². The van der Waals surface area contributed by atoms with Crippen molar-refractivity contribution in [3.05, 3.63) is 24.3 Å². The van der Waals surface area contributed by atoms with E-state index in [2.05, 4.69) is 0 Å². The van der Waals surface area contributed by atoms with E-state index in [4.69, 9.17) is 9.47 Å². The van der Waals surface area contributed by atoms with Crippen molar-refractivity contribution in [1.82, 2.24) is 0 Å². The Morgan fingerprint density at radius 2 is 1.31 bits per heavy atom. The van der Waals surface area contributed by atoms with Crippen LogP contribution in [0.15, 0.2) is 24.3 Å². The SMILES string of the molecule is O=C(O)C1(C2(C(=O)O)C=CCO2)C=CCO1. The lowest BCUT2D eigenvalue weighted by atomic mass is 9.83. The van der Waals surface area contributed by atoms with Crippen LogP contribution in [0.2, 0.25) is 0 Å². The largest absolute Gasteiger partial charge is 0.479 e. The van der Waals surface area contributed by atoms with E-state index in [0.717, 1.165) is 0 Å². The number of ether oxygens (including phenoxy) is 2. The molecular formula is C10H10O6. The average Bonchev–Trinajstić information content (AvgIpc) is 2.88. The van der Waals surface area contributed by atoms with E-state index in [-0.39, 0.29) is 13.2 Å². The normalized spacial score (nSPS) is 36.8. The molecule has 2 atom stereocenters. The fraction of sp³-hybridized carbons (Fsp3) is 0.400. The number of hydrogen-bond donors (Lipinski definition) is 2. The molecule has 86 valence electrons. The molecular weight excluding hydrogens is 216 g/mol. The summed E-state index contributed by atoms with van der Waals surface area (Å²) in [6.45, 7) is 0.108. The van der Waals surface area contributed by atoms with Crippen LogP contribution in [-0.4, -0.2) is 46.6 Å². The van der Waals surface area contributed by atoms with Gasteiger partial charge in [0.15, 0.2) is 0 Å². The third-order valence-electron chi connectivity index (χ3n) is 2.71. The molecule has 6 heteroatoms. The van der Waals surface area contributed by atoms with Gasteiger partial charge in [0.2, 0.25) is 11.2 Å². The zero-order valence-corrected chi connectivity index (χ0v) is 8.25. The smallest absolute Gasteiger partial charge is 0.344 e. The lowest BCUT2D eigenvalue weighted by Gasteiger charge is -2.35. The molecule has 0 saturated heterocycles. The molecule has 2 heterocycles. The highest BCUT2D eigenvalue weighted by atomic mass is 16.6. The van der Waals surface area contributed by atoms with Crippen molar-refractivity contribution in [1.29, 1.82) is 0 Å². The Bertz CT molecular complexity index is 360. The van der Waals surface area contributed by atoms with Crippen molar-refractivity contribution in [3.63, 3.8) is 0 Å². The number of carboxylic acids is 2. The van der Waals surface area contributed by atoms with Crippen molar-refractivity contribution in [2.24, 2.45) is 0 Å². The molecule has 0 spiro atoms. The third kappa shape index (κ3) is 1.14. The lowest BCUT2D eigenvalue weighted by Crippen LogP contribution is -2.62. The molecule has 0 aromatic rings. The summed E-state index contributed by atoms with van der Waals surface area (Å²) in [5, 5.41) is 18.4. The monoisotopic (exact) mass is 226 g/mol. The van der Waals surface area contributed by atoms with Gasteiger partial charge in [-0.1, -0.05) is 12.2 Å². The average molecular weight is 226 g/mol. The molecule has 0 fully saturated rings. The summed E-state index contributed by atoms with van der Waals surface area (Å²) in [5.74, 6) is -2.76. The van der Waals surface area contributed by atoms with Gasteiger partial charge in [0.25, 0.3) is 0 Å². The first kappa shape index (κ1) is 10.8. The second-order valence-electron chi connectivity index (χ2n) is 3.51. The first-order valence-electron chi connectivity index (χ1n) is 4.65. The van der Waals surface area contributed by atoms with Crippen LogP contribution >= 0.6 is 0 Å². The fourth-order valence-electron chi connectivity index (χ4n) is 1.93. The van der Waals surface area contributed by atoms with Gasteiger partial charge in [-0.2, -0.15) is 0 Å². The highest BCUT2D eigenvalue weighted by Crippen LogP contribution is 2.39. The van der Waals surface area contributed by atoms with Crippen LogP contribution in [0.3, 0.4) is 0 Å². The van der Waals surface area contributed by atoms with Crippen molar-refractivity contribution in [2.75, 3.05) is 13.2 Å². The zero-order valence-electron chi connectivity index (χ0n) is 8.25. The van der Waals surface area contributed by atoms with Crippen LogP contribution in [0.1, 0.15) is 0 Å². The number of hydrogen-bond acceptors (Lipinski definition) is 4. The molecule has 2 unspecified atom stereocenters. The molecule has 2 N–H and O–H groups in total. The van der Waals surface area contributed by atoms with Crippen LogP contribution in [0, 0.1) is 0 Å². The fourth-order valence-corrected chi connectivity index (χ4v) is 1.93. The molecule has 0 amide bonds. The van der Waals surface area contributed by atoms with Crippen molar-refractivity contribution >= 4 is 11.9 Å². The Morgan fingerprint density at radius 3 is 1.50 bits per heavy atom. The summed E-state index contributed by atoms with van der Waals surface area (Å²) in [6.07, 6.45) is 5.38. The van der Waals surface area contributed by atoms with Crippen LogP contribution in [0.4, 0.5) is 0 Å². The Morgan fingerprint density at radius 1 is 0.938 bits per heavy atom. The highest BCUT2D eigenvalue weighted by molar-refractivity contribution is 5.95. The molecule has 0 bridgehead atoms. The molecule has 6 nitrogen and oxygen atoms in total. The van der Waals surface area contributed by atoms with E-state index in [1.54, 1.807) is 0 Å². The maximum atomic E-state index is 11.3. The third-order valence-corrected chi connectivity index (χ3v) is 2.71. The number of aliphatic carboxylic acids is 2.